The molecular weight excluding hydrogens is 150 g/mol. The summed E-state index contributed by atoms with van der Waals surface area (Å²) in [4.78, 5) is 0. The standard InChI is InChI=1S/C10H19NO/c1-2-3-7-11-9-10(4-5-10)6-8-12/h2-3,11-12H,4-9H2,1H3/b3-2+. The van der Waals surface area contributed by atoms with Crippen molar-refractivity contribution in [1.82, 2.24) is 5.32 Å². The van der Waals surface area contributed by atoms with Gasteiger partial charge in [-0.25, -0.2) is 0 Å². The monoisotopic (exact) mass is 169 g/mol. The van der Waals surface area contributed by atoms with Gasteiger partial charge in [-0.05, 0) is 31.6 Å². The van der Waals surface area contributed by atoms with Gasteiger partial charge in [-0.1, -0.05) is 12.2 Å². The summed E-state index contributed by atoms with van der Waals surface area (Å²) in [6.07, 6.45) is 7.72. The summed E-state index contributed by atoms with van der Waals surface area (Å²) < 4.78 is 0. The minimum absolute atomic E-state index is 0.339. The summed E-state index contributed by atoms with van der Waals surface area (Å²) in [7, 11) is 0. The molecule has 1 fully saturated rings. The van der Waals surface area contributed by atoms with Crippen LogP contribution >= 0.6 is 0 Å². The largest absolute Gasteiger partial charge is 0.396 e. The van der Waals surface area contributed by atoms with E-state index >= 15 is 0 Å². The van der Waals surface area contributed by atoms with Crippen molar-refractivity contribution in [3.63, 3.8) is 0 Å². The van der Waals surface area contributed by atoms with Crippen molar-refractivity contribution < 1.29 is 5.11 Å². The van der Waals surface area contributed by atoms with Gasteiger partial charge in [0.05, 0.1) is 0 Å². The molecule has 2 heteroatoms. The molecule has 1 saturated carbocycles. The molecule has 0 aromatic carbocycles. The van der Waals surface area contributed by atoms with Crippen molar-refractivity contribution in [3.05, 3.63) is 12.2 Å². The first-order valence-corrected chi connectivity index (χ1v) is 4.76. The molecule has 2 nitrogen and oxygen atoms in total. The van der Waals surface area contributed by atoms with Crippen LogP contribution in [0.15, 0.2) is 12.2 Å². The van der Waals surface area contributed by atoms with Gasteiger partial charge in [0.2, 0.25) is 0 Å². The highest BCUT2D eigenvalue weighted by molar-refractivity contribution is 4.95. The van der Waals surface area contributed by atoms with Gasteiger partial charge < -0.3 is 10.4 Å². The second-order valence-corrected chi connectivity index (χ2v) is 3.67. The summed E-state index contributed by atoms with van der Waals surface area (Å²) in [5.74, 6) is 0. The Labute approximate surface area is 74.7 Å². The van der Waals surface area contributed by atoms with Gasteiger partial charge in [0.1, 0.15) is 0 Å². The van der Waals surface area contributed by atoms with Crippen molar-refractivity contribution in [3.8, 4) is 0 Å². The molecule has 0 heterocycles. The first kappa shape index (κ1) is 9.75. The fourth-order valence-corrected chi connectivity index (χ4v) is 1.47. The molecule has 1 aliphatic rings. The number of rotatable bonds is 6. The van der Waals surface area contributed by atoms with Crippen LogP contribution in [0.4, 0.5) is 0 Å². The predicted molar refractivity (Wildman–Crippen MR) is 51.1 cm³/mol. The van der Waals surface area contributed by atoms with Crippen LogP contribution in [0.25, 0.3) is 0 Å². The van der Waals surface area contributed by atoms with E-state index in [0.29, 0.717) is 12.0 Å². The zero-order valence-corrected chi connectivity index (χ0v) is 7.84. The van der Waals surface area contributed by atoms with Crippen molar-refractivity contribution >= 4 is 0 Å². The predicted octanol–water partition coefficient (Wildman–Crippen LogP) is 1.31. The Morgan fingerprint density at radius 2 is 2.25 bits per heavy atom. The SMILES string of the molecule is C/C=C/CNCC1(CCO)CC1. The van der Waals surface area contributed by atoms with Gasteiger partial charge in [0, 0.05) is 19.7 Å². The fraction of sp³-hybridized carbons (Fsp3) is 0.800. The molecule has 0 saturated heterocycles. The summed E-state index contributed by atoms with van der Waals surface area (Å²) >= 11 is 0. The summed E-state index contributed by atoms with van der Waals surface area (Å²) in [5.41, 5.74) is 0.455. The van der Waals surface area contributed by atoms with E-state index in [4.69, 9.17) is 5.11 Å². The maximum Gasteiger partial charge on any atom is 0.0436 e. The summed E-state index contributed by atoms with van der Waals surface area (Å²) in [6, 6.07) is 0. The molecule has 0 aromatic heterocycles. The lowest BCUT2D eigenvalue weighted by Gasteiger charge is -2.13. The molecule has 0 aliphatic heterocycles. The molecule has 70 valence electrons. The summed E-state index contributed by atoms with van der Waals surface area (Å²) in [6.45, 7) is 4.40. The molecule has 2 N–H and O–H groups in total. The van der Waals surface area contributed by atoms with Crippen molar-refractivity contribution in [2.75, 3.05) is 19.7 Å². The number of nitrogens with one attached hydrogen (secondary N) is 1. The van der Waals surface area contributed by atoms with E-state index in [9.17, 15) is 0 Å². The van der Waals surface area contributed by atoms with E-state index in [-0.39, 0.29) is 0 Å². The third-order valence-electron chi connectivity index (χ3n) is 2.60. The molecule has 0 radical (unpaired) electrons. The minimum Gasteiger partial charge on any atom is -0.396 e. The van der Waals surface area contributed by atoms with Crippen LogP contribution in [-0.2, 0) is 0 Å². The average Bonchev–Trinajstić information content (AvgIpc) is 2.81. The van der Waals surface area contributed by atoms with E-state index in [1.54, 1.807) is 0 Å². The molecule has 0 amide bonds. The number of aliphatic hydroxyl groups is 1. The Kier molecular flexibility index (Phi) is 3.76. The number of hydrogen-bond acceptors (Lipinski definition) is 2. The van der Waals surface area contributed by atoms with Gasteiger partial charge in [0.15, 0.2) is 0 Å². The zero-order chi connectivity index (χ0) is 8.86. The molecule has 0 unspecified atom stereocenters. The van der Waals surface area contributed by atoms with Gasteiger partial charge in [0.25, 0.3) is 0 Å². The van der Waals surface area contributed by atoms with Crippen LogP contribution in [0, 0.1) is 5.41 Å². The lowest BCUT2D eigenvalue weighted by atomic mass is 10.0. The van der Waals surface area contributed by atoms with E-state index in [1.165, 1.54) is 12.8 Å². The van der Waals surface area contributed by atoms with E-state index < -0.39 is 0 Å². The molecule has 1 rings (SSSR count). The maximum atomic E-state index is 8.80. The van der Waals surface area contributed by atoms with Crippen LogP contribution in [0.2, 0.25) is 0 Å². The highest BCUT2D eigenvalue weighted by Crippen LogP contribution is 2.47. The van der Waals surface area contributed by atoms with Gasteiger partial charge >= 0.3 is 0 Å². The van der Waals surface area contributed by atoms with Gasteiger partial charge in [-0.3, -0.25) is 0 Å². The smallest absolute Gasteiger partial charge is 0.0436 e. The van der Waals surface area contributed by atoms with E-state index in [1.807, 2.05) is 6.92 Å². The number of allylic oxidation sites excluding steroid dienone is 1. The van der Waals surface area contributed by atoms with Crippen molar-refractivity contribution in [2.24, 2.45) is 5.41 Å². The van der Waals surface area contributed by atoms with Crippen molar-refractivity contribution in [1.29, 1.82) is 0 Å². The third-order valence-corrected chi connectivity index (χ3v) is 2.60. The van der Waals surface area contributed by atoms with Crippen LogP contribution in [0.1, 0.15) is 26.2 Å². The highest BCUT2D eigenvalue weighted by atomic mass is 16.3. The Morgan fingerprint density at radius 3 is 2.75 bits per heavy atom. The topological polar surface area (TPSA) is 32.3 Å². The number of hydrogen-bond donors (Lipinski definition) is 2. The van der Waals surface area contributed by atoms with Crippen molar-refractivity contribution in [2.45, 2.75) is 26.2 Å². The van der Waals surface area contributed by atoms with E-state index in [0.717, 1.165) is 19.5 Å². The lowest BCUT2D eigenvalue weighted by Crippen LogP contribution is -2.24. The maximum absolute atomic E-state index is 8.80. The molecule has 0 spiro atoms. The lowest BCUT2D eigenvalue weighted by molar-refractivity contribution is 0.246. The van der Waals surface area contributed by atoms with Crippen LogP contribution in [-0.4, -0.2) is 24.8 Å². The molecule has 12 heavy (non-hydrogen) atoms. The molecular formula is C10H19NO. The third kappa shape index (κ3) is 2.95. The number of aliphatic hydroxyl groups excluding tert-OH is 1. The van der Waals surface area contributed by atoms with Gasteiger partial charge in [-0.2, -0.15) is 0 Å². The van der Waals surface area contributed by atoms with Crippen LogP contribution < -0.4 is 5.32 Å². The summed E-state index contributed by atoms with van der Waals surface area (Å²) in [5, 5.41) is 12.2. The average molecular weight is 169 g/mol. The quantitative estimate of drug-likeness (QED) is 0.464. The van der Waals surface area contributed by atoms with Crippen LogP contribution in [0.5, 0.6) is 0 Å². The Bertz CT molecular complexity index is 150. The first-order valence-electron chi connectivity index (χ1n) is 4.76. The molecule has 0 aromatic rings. The zero-order valence-electron chi connectivity index (χ0n) is 7.84. The molecule has 1 aliphatic carbocycles. The Hall–Kier alpha value is -0.340. The molecule has 0 bridgehead atoms. The van der Waals surface area contributed by atoms with Crippen LogP contribution in [0.3, 0.4) is 0 Å². The second-order valence-electron chi connectivity index (χ2n) is 3.67. The van der Waals surface area contributed by atoms with E-state index in [2.05, 4.69) is 17.5 Å². The minimum atomic E-state index is 0.339. The highest BCUT2D eigenvalue weighted by Gasteiger charge is 2.40. The molecule has 0 atom stereocenters. The second kappa shape index (κ2) is 4.63. The normalized spacial score (nSPS) is 20.2. The Balaban J connectivity index is 2.05. The first-order chi connectivity index (χ1) is 5.83. The Morgan fingerprint density at radius 1 is 1.50 bits per heavy atom. The van der Waals surface area contributed by atoms with Gasteiger partial charge in [-0.15, -0.1) is 0 Å². The fourth-order valence-electron chi connectivity index (χ4n) is 1.47.